The maximum Gasteiger partial charge on any atom is 0.211 e. The lowest BCUT2D eigenvalue weighted by Crippen LogP contribution is -2.29. The summed E-state index contributed by atoms with van der Waals surface area (Å²) in [4.78, 5) is 0. The van der Waals surface area contributed by atoms with Crippen molar-refractivity contribution in [3.05, 3.63) is 35.6 Å². The van der Waals surface area contributed by atoms with Crippen LogP contribution in [0.25, 0.3) is 0 Å². The summed E-state index contributed by atoms with van der Waals surface area (Å²) in [6.45, 7) is -0.632. The second kappa shape index (κ2) is 5.32. The van der Waals surface area contributed by atoms with Crippen LogP contribution in [0.3, 0.4) is 0 Å². The monoisotopic (exact) mass is 275 g/mol. The highest BCUT2D eigenvalue weighted by molar-refractivity contribution is 7.89. The van der Waals surface area contributed by atoms with Crippen molar-refractivity contribution in [2.45, 2.75) is 24.8 Å². The van der Waals surface area contributed by atoms with Gasteiger partial charge in [-0.3, -0.25) is 4.39 Å². The van der Waals surface area contributed by atoms with Crippen molar-refractivity contribution in [2.75, 3.05) is 12.4 Å². The standard InChI is InChI=1S/C12H15F2NO2S/c13-6-1-7-18(16,17)15-12-8-11(12)9-2-4-10(14)5-3-9/h2-5,11-12,15H,1,6-8H2/t11-,12+/m0/s1. The summed E-state index contributed by atoms with van der Waals surface area (Å²) in [6, 6.07) is 5.91. The maximum absolute atomic E-state index is 12.7. The van der Waals surface area contributed by atoms with E-state index in [1.807, 2.05) is 0 Å². The Kier molecular flexibility index (Phi) is 3.97. The zero-order valence-electron chi connectivity index (χ0n) is 9.77. The Morgan fingerprint density at radius 2 is 1.94 bits per heavy atom. The van der Waals surface area contributed by atoms with Crippen molar-refractivity contribution < 1.29 is 17.2 Å². The molecule has 18 heavy (non-hydrogen) atoms. The van der Waals surface area contributed by atoms with Gasteiger partial charge in [-0.05, 0) is 30.5 Å². The van der Waals surface area contributed by atoms with Crippen LogP contribution in [0.1, 0.15) is 24.3 Å². The van der Waals surface area contributed by atoms with Crippen LogP contribution in [0.2, 0.25) is 0 Å². The third-order valence-electron chi connectivity index (χ3n) is 2.97. The molecule has 0 spiro atoms. The number of rotatable bonds is 6. The lowest BCUT2D eigenvalue weighted by molar-refractivity contribution is 0.483. The Bertz CT molecular complexity index is 501. The van der Waals surface area contributed by atoms with E-state index in [1.165, 1.54) is 12.1 Å². The number of hydrogen-bond acceptors (Lipinski definition) is 2. The van der Waals surface area contributed by atoms with E-state index >= 15 is 0 Å². The topological polar surface area (TPSA) is 46.2 Å². The molecule has 2 atom stereocenters. The quantitative estimate of drug-likeness (QED) is 0.862. The highest BCUT2D eigenvalue weighted by Crippen LogP contribution is 2.41. The summed E-state index contributed by atoms with van der Waals surface area (Å²) in [5, 5.41) is 0. The fraction of sp³-hybridized carbons (Fsp3) is 0.500. The molecule has 0 amide bonds. The molecule has 6 heteroatoms. The minimum atomic E-state index is -3.39. The third-order valence-corrected chi connectivity index (χ3v) is 4.45. The van der Waals surface area contributed by atoms with E-state index in [0.717, 1.165) is 5.56 Å². The Balaban J connectivity index is 1.90. The van der Waals surface area contributed by atoms with Crippen molar-refractivity contribution in [3.63, 3.8) is 0 Å². The largest absolute Gasteiger partial charge is 0.251 e. The number of sulfonamides is 1. The summed E-state index contributed by atoms with van der Waals surface area (Å²) in [7, 11) is -3.39. The molecule has 3 nitrogen and oxygen atoms in total. The summed E-state index contributed by atoms with van der Waals surface area (Å²) in [5.41, 5.74) is 0.926. The second-order valence-corrected chi connectivity index (χ2v) is 6.35. The third kappa shape index (κ3) is 3.49. The van der Waals surface area contributed by atoms with Crippen molar-refractivity contribution in [1.29, 1.82) is 0 Å². The number of hydrogen-bond donors (Lipinski definition) is 1. The van der Waals surface area contributed by atoms with Crippen molar-refractivity contribution in [2.24, 2.45) is 0 Å². The van der Waals surface area contributed by atoms with Crippen molar-refractivity contribution in [3.8, 4) is 0 Å². The predicted octanol–water partition coefficient (Wildman–Crippen LogP) is 1.96. The summed E-state index contributed by atoms with van der Waals surface area (Å²) in [5.74, 6) is -0.388. The van der Waals surface area contributed by atoms with Gasteiger partial charge in [-0.1, -0.05) is 12.1 Å². The first-order valence-electron chi connectivity index (χ1n) is 5.83. The average Bonchev–Trinajstić information content (AvgIpc) is 3.06. The van der Waals surface area contributed by atoms with Gasteiger partial charge in [-0.25, -0.2) is 17.5 Å². The van der Waals surface area contributed by atoms with Crippen LogP contribution in [-0.2, 0) is 10.0 Å². The highest BCUT2D eigenvalue weighted by atomic mass is 32.2. The van der Waals surface area contributed by atoms with E-state index in [1.54, 1.807) is 12.1 Å². The first-order valence-corrected chi connectivity index (χ1v) is 7.48. The fourth-order valence-electron chi connectivity index (χ4n) is 1.94. The van der Waals surface area contributed by atoms with Crippen LogP contribution in [0.15, 0.2) is 24.3 Å². The molecule has 1 aromatic rings. The summed E-state index contributed by atoms with van der Waals surface area (Å²) in [6.07, 6.45) is 0.726. The maximum atomic E-state index is 12.7. The zero-order valence-corrected chi connectivity index (χ0v) is 10.6. The molecule has 2 rings (SSSR count). The molecule has 1 N–H and O–H groups in total. The van der Waals surface area contributed by atoms with Crippen molar-refractivity contribution >= 4 is 10.0 Å². The minimum absolute atomic E-state index is 0.0171. The average molecular weight is 275 g/mol. The molecule has 0 saturated heterocycles. The van der Waals surface area contributed by atoms with Gasteiger partial charge in [0, 0.05) is 12.0 Å². The molecule has 1 aliphatic rings. The van der Waals surface area contributed by atoms with Gasteiger partial charge in [0.15, 0.2) is 0 Å². The van der Waals surface area contributed by atoms with Gasteiger partial charge in [-0.15, -0.1) is 0 Å². The molecule has 1 aliphatic carbocycles. The number of halogens is 2. The molecule has 1 saturated carbocycles. The van der Waals surface area contributed by atoms with Crippen molar-refractivity contribution in [1.82, 2.24) is 4.72 Å². The van der Waals surface area contributed by atoms with Gasteiger partial charge in [0.05, 0.1) is 12.4 Å². The van der Waals surface area contributed by atoms with Crippen LogP contribution in [0.4, 0.5) is 8.78 Å². The normalized spacial score (nSPS) is 23.0. The summed E-state index contributed by atoms with van der Waals surface area (Å²) < 4.78 is 50.3. The van der Waals surface area contributed by atoms with Crippen LogP contribution in [-0.4, -0.2) is 26.9 Å². The molecule has 0 radical (unpaired) electrons. The Hall–Kier alpha value is -1.01. The van der Waals surface area contributed by atoms with Crippen LogP contribution in [0.5, 0.6) is 0 Å². The molecule has 0 aromatic heterocycles. The number of nitrogens with one attached hydrogen (secondary N) is 1. The molecule has 0 bridgehead atoms. The molecule has 1 aromatic carbocycles. The smallest absolute Gasteiger partial charge is 0.211 e. The van der Waals surface area contributed by atoms with Crippen LogP contribution < -0.4 is 4.72 Å². The Morgan fingerprint density at radius 1 is 1.28 bits per heavy atom. The van der Waals surface area contributed by atoms with E-state index in [-0.39, 0.29) is 30.0 Å². The molecule has 0 aliphatic heterocycles. The molecule has 100 valence electrons. The SMILES string of the molecule is O=S(=O)(CCCF)N[C@@H]1C[C@H]1c1ccc(F)cc1. The lowest BCUT2D eigenvalue weighted by Gasteiger charge is -2.05. The van der Waals surface area contributed by atoms with E-state index in [4.69, 9.17) is 0 Å². The van der Waals surface area contributed by atoms with E-state index in [2.05, 4.69) is 4.72 Å². The number of alkyl halides is 1. The molecular weight excluding hydrogens is 260 g/mol. The first kappa shape index (κ1) is 13.4. The molecule has 1 fully saturated rings. The van der Waals surface area contributed by atoms with Crippen LogP contribution >= 0.6 is 0 Å². The Labute approximate surface area is 105 Å². The van der Waals surface area contributed by atoms with Gasteiger partial charge >= 0.3 is 0 Å². The molecule has 0 heterocycles. The number of benzene rings is 1. The van der Waals surface area contributed by atoms with E-state index < -0.39 is 16.7 Å². The molecule has 0 unspecified atom stereocenters. The van der Waals surface area contributed by atoms with Crippen LogP contribution in [0, 0.1) is 5.82 Å². The highest BCUT2D eigenvalue weighted by Gasteiger charge is 2.40. The lowest BCUT2D eigenvalue weighted by atomic mass is 10.1. The van der Waals surface area contributed by atoms with E-state index in [9.17, 15) is 17.2 Å². The zero-order chi connectivity index (χ0) is 13.2. The second-order valence-electron chi connectivity index (χ2n) is 4.48. The van der Waals surface area contributed by atoms with Gasteiger partial charge in [-0.2, -0.15) is 0 Å². The summed E-state index contributed by atoms with van der Waals surface area (Å²) >= 11 is 0. The van der Waals surface area contributed by atoms with E-state index in [0.29, 0.717) is 6.42 Å². The minimum Gasteiger partial charge on any atom is -0.251 e. The van der Waals surface area contributed by atoms with Gasteiger partial charge in [0.2, 0.25) is 10.0 Å². The van der Waals surface area contributed by atoms with Gasteiger partial charge in [0.1, 0.15) is 5.82 Å². The predicted molar refractivity (Wildman–Crippen MR) is 65.1 cm³/mol. The fourth-order valence-corrected chi connectivity index (χ4v) is 3.27. The molecular formula is C12H15F2NO2S. The Morgan fingerprint density at radius 3 is 2.56 bits per heavy atom. The van der Waals surface area contributed by atoms with Gasteiger partial charge in [0.25, 0.3) is 0 Å². The first-order chi connectivity index (χ1) is 8.52. The van der Waals surface area contributed by atoms with Gasteiger partial charge < -0.3 is 0 Å².